The number of carbonyl (C=O) groups is 2. The summed E-state index contributed by atoms with van der Waals surface area (Å²) in [5.41, 5.74) is 0.430. The Balaban J connectivity index is 1.80. The Bertz CT molecular complexity index is 461. The Kier molecular flexibility index (Phi) is 2.69. The molecule has 1 saturated carbocycles. The van der Waals surface area contributed by atoms with Crippen molar-refractivity contribution in [1.29, 1.82) is 0 Å². The highest BCUT2D eigenvalue weighted by Crippen LogP contribution is 2.45. The zero-order chi connectivity index (χ0) is 12.6. The number of rotatable bonds is 2. The predicted molar refractivity (Wildman–Crippen MR) is 64.3 cm³/mol. The maximum atomic E-state index is 12.5. The molecule has 0 bridgehead atoms. The molecular formula is C13H17N3O2. The van der Waals surface area contributed by atoms with Crippen molar-refractivity contribution in [3.05, 3.63) is 18.2 Å². The molecule has 2 amide bonds. The number of imide groups is 1. The summed E-state index contributed by atoms with van der Waals surface area (Å²) < 4.78 is 0. The molecular weight excluding hydrogens is 230 g/mol. The van der Waals surface area contributed by atoms with Gasteiger partial charge in [0, 0.05) is 12.6 Å². The number of aromatic nitrogens is 2. The van der Waals surface area contributed by atoms with Crippen molar-refractivity contribution in [1.82, 2.24) is 14.9 Å². The first-order chi connectivity index (χ1) is 8.71. The predicted octanol–water partition coefficient (Wildman–Crippen LogP) is 1.62. The monoisotopic (exact) mass is 247 g/mol. The molecule has 1 N–H and O–H groups in total. The van der Waals surface area contributed by atoms with Gasteiger partial charge in [0.25, 0.3) is 0 Å². The summed E-state index contributed by atoms with van der Waals surface area (Å²) in [7, 11) is 0. The molecule has 2 heterocycles. The quantitative estimate of drug-likeness (QED) is 0.807. The van der Waals surface area contributed by atoms with E-state index in [4.69, 9.17) is 0 Å². The van der Waals surface area contributed by atoms with E-state index in [0.29, 0.717) is 13.0 Å². The number of aromatic amines is 1. The Labute approximate surface area is 106 Å². The largest absolute Gasteiger partial charge is 0.347 e. The van der Waals surface area contributed by atoms with Gasteiger partial charge in [-0.15, -0.1) is 0 Å². The van der Waals surface area contributed by atoms with Crippen molar-refractivity contribution >= 4 is 11.8 Å². The Hall–Kier alpha value is -1.65. The summed E-state index contributed by atoms with van der Waals surface area (Å²) in [6.07, 6.45) is 8.69. The van der Waals surface area contributed by atoms with Gasteiger partial charge in [0.15, 0.2) is 0 Å². The smallest absolute Gasteiger partial charge is 0.236 e. The maximum Gasteiger partial charge on any atom is 0.236 e. The minimum absolute atomic E-state index is 0.0294. The van der Waals surface area contributed by atoms with E-state index in [-0.39, 0.29) is 17.2 Å². The van der Waals surface area contributed by atoms with E-state index in [0.717, 1.165) is 31.4 Å². The van der Waals surface area contributed by atoms with Crippen molar-refractivity contribution in [3.8, 4) is 0 Å². The van der Waals surface area contributed by atoms with E-state index >= 15 is 0 Å². The third-order valence-electron chi connectivity index (χ3n) is 4.18. The molecule has 18 heavy (non-hydrogen) atoms. The van der Waals surface area contributed by atoms with Gasteiger partial charge < -0.3 is 4.98 Å². The highest BCUT2D eigenvalue weighted by molar-refractivity contribution is 6.05. The van der Waals surface area contributed by atoms with Gasteiger partial charge in [0.05, 0.1) is 24.0 Å². The van der Waals surface area contributed by atoms with E-state index in [9.17, 15) is 9.59 Å². The molecule has 1 aromatic heterocycles. The standard InChI is InChI=1S/C13H17N3O2/c17-11-6-13(4-2-1-3-5-13)12(18)16(11)8-10-7-14-9-15-10/h7,9H,1-6,8H2,(H,14,15). The average molecular weight is 247 g/mol. The molecule has 0 atom stereocenters. The average Bonchev–Trinajstić information content (AvgIpc) is 2.95. The minimum Gasteiger partial charge on any atom is -0.347 e. The van der Waals surface area contributed by atoms with Gasteiger partial charge in [-0.25, -0.2) is 4.98 Å². The van der Waals surface area contributed by atoms with Crippen LogP contribution in [0.1, 0.15) is 44.2 Å². The van der Waals surface area contributed by atoms with Crippen LogP contribution in [0.2, 0.25) is 0 Å². The number of amides is 2. The fourth-order valence-corrected chi connectivity index (χ4v) is 3.18. The second-order valence-electron chi connectivity index (χ2n) is 5.38. The van der Waals surface area contributed by atoms with Crippen LogP contribution in [0.3, 0.4) is 0 Å². The molecule has 1 aromatic rings. The third kappa shape index (κ3) is 1.74. The second kappa shape index (κ2) is 4.23. The van der Waals surface area contributed by atoms with Crippen LogP contribution in [0, 0.1) is 5.41 Å². The highest BCUT2D eigenvalue weighted by Gasteiger charge is 2.51. The number of nitrogens with zero attached hydrogens (tertiary/aromatic N) is 2. The molecule has 1 spiro atoms. The lowest BCUT2D eigenvalue weighted by atomic mass is 9.73. The molecule has 5 heteroatoms. The molecule has 1 aliphatic carbocycles. The van der Waals surface area contributed by atoms with Crippen molar-refractivity contribution in [3.63, 3.8) is 0 Å². The normalized spacial score (nSPS) is 23.0. The lowest BCUT2D eigenvalue weighted by Gasteiger charge is -2.30. The summed E-state index contributed by atoms with van der Waals surface area (Å²) >= 11 is 0. The lowest BCUT2D eigenvalue weighted by molar-refractivity contribution is -0.143. The SMILES string of the molecule is O=C1CC2(CCCCC2)C(=O)N1Cc1cnc[nH]1. The zero-order valence-corrected chi connectivity index (χ0v) is 10.3. The number of carbonyl (C=O) groups excluding carboxylic acids is 2. The van der Waals surface area contributed by atoms with Crippen molar-refractivity contribution in [2.75, 3.05) is 0 Å². The molecule has 3 rings (SSSR count). The van der Waals surface area contributed by atoms with Crippen LogP contribution in [-0.4, -0.2) is 26.7 Å². The van der Waals surface area contributed by atoms with Crippen LogP contribution in [0.25, 0.3) is 0 Å². The molecule has 1 saturated heterocycles. The molecule has 0 radical (unpaired) electrons. The van der Waals surface area contributed by atoms with Crippen molar-refractivity contribution < 1.29 is 9.59 Å². The van der Waals surface area contributed by atoms with Crippen molar-refractivity contribution in [2.24, 2.45) is 5.41 Å². The van der Waals surface area contributed by atoms with E-state index in [1.54, 1.807) is 12.5 Å². The lowest BCUT2D eigenvalue weighted by Crippen LogP contribution is -2.36. The van der Waals surface area contributed by atoms with E-state index in [1.165, 1.54) is 11.3 Å². The van der Waals surface area contributed by atoms with Crippen LogP contribution in [-0.2, 0) is 16.1 Å². The van der Waals surface area contributed by atoms with Crippen LogP contribution in [0.15, 0.2) is 12.5 Å². The van der Waals surface area contributed by atoms with Gasteiger partial charge in [0.1, 0.15) is 0 Å². The van der Waals surface area contributed by atoms with Crippen LogP contribution < -0.4 is 0 Å². The first-order valence-electron chi connectivity index (χ1n) is 6.53. The summed E-state index contributed by atoms with van der Waals surface area (Å²) in [5, 5.41) is 0. The van der Waals surface area contributed by atoms with Gasteiger partial charge >= 0.3 is 0 Å². The van der Waals surface area contributed by atoms with Gasteiger partial charge in [-0.2, -0.15) is 0 Å². The molecule has 1 aliphatic heterocycles. The summed E-state index contributed by atoms with van der Waals surface area (Å²) in [6.45, 7) is 0.333. The number of imidazole rings is 1. The fraction of sp³-hybridized carbons (Fsp3) is 0.615. The third-order valence-corrected chi connectivity index (χ3v) is 4.18. The first kappa shape index (κ1) is 11.4. The molecule has 2 aliphatic rings. The number of H-pyrrole nitrogens is 1. The number of hydrogen-bond donors (Lipinski definition) is 1. The second-order valence-corrected chi connectivity index (χ2v) is 5.38. The van der Waals surface area contributed by atoms with Crippen LogP contribution in [0.5, 0.6) is 0 Å². The Morgan fingerprint density at radius 2 is 2.06 bits per heavy atom. The summed E-state index contributed by atoms with van der Waals surface area (Å²) in [4.78, 5) is 32.8. The number of likely N-dealkylation sites (tertiary alicyclic amines) is 1. The van der Waals surface area contributed by atoms with Crippen LogP contribution in [0.4, 0.5) is 0 Å². The first-order valence-corrected chi connectivity index (χ1v) is 6.53. The van der Waals surface area contributed by atoms with Gasteiger partial charge in [-0.3, -0.25) is 14.5 Å². The molecule has 0 aromatic carbocycles. The maximum absolute atomic E-state index is 12.5. The Morgan fingerprint density at radius 1 is 1.28 bits per heavy atom. The van der Waals surface area contributed by atoms with E-state index in [1.807, 2.05) is 0 Å². The topological polar surface area (TPSA) is 66.1 Å². The molecule has 2 fully saturated rings. The number of nitrogens with one attached hydrogen (secondary N) is 1. The summed E-state index contributed by atoms with van der Waals surface area (Å²) in [5.74, 6) is -0.00157. The Morgan fingerprint density at radius 3 is 2.72 bits per heavy atom. The van der Waals surface area contributed by atoms with Gasteiger partial charge in [0.2, 0.25) is 11.8 Å². The van der Waals surface area contributed by atoms with E-state index < -0.39 is 0 Å². The molecule has 5 nitrogen and oxygen atoms in total. The van der Waals surface area contributed by atoms with Gasteiger partial charge in [-0.05, 0) is 12.8 Å². The zero-order valence-electron chi connectivity index (χ0n) is 10.3. The number of hydrogen-bond acceptors (Lipinski definition) is 3. The van der Waals surface area contributed by atoms with Gasteiger partial charge in [-0.1, -0.05) is 19.3 Å². The molecule has 96 valence electrons. The fourth-order valence-electron chi connectivity index (χ4n) is 3.18. The van der Waals surface area contributed by atoms with Crippen LogP contribution >= 0.6 is 0 Å². The minimum atomic E-state index is -0.380. The van der Waals surface area contributed by atoms with E-state index in [2.05, 4.69) is 9.97 Å². The summed E-state index contributed by atoms with van der Waals surface area (Å²) in [6, 6.07) is 0. The highest BCUT2D eigenvalue weighted by atomic mass is 16.2. The molecule has 0 unspecified atom stereocenters. The van der Waals surface area contributed by atoms with Crippen molar-refractivity contribution in [2.45, 2.75) is 45.1 Å².